The highest BCUT2D eigenvalue weighted by molar-refractivity contribution is 5.86. The van der Waals surface area contributed by atoms with Crippen LogP contribution in [0.15, 0.2) is 30.5 Å². The summed E-state index contributed by atoms with van der Waals surface area (Å²) in [6, 6.07) is 7.78. The van der Waals surface area contributed by atoms with Crippen molar-refractivity contribution in [2.45, 2.75) is 19.4 Å². The van der Waals surface area contributed by atoms with Gasteiger partial charge in [-0.05, 0) is 24.3 Å². The lowest BCUT2D eigenvalue weighted by Crippen LogP contribution is -2.40. The van der Waals surface area contributed by atoms with Crippen LogP contribution in [-0.2, 0) is 16.1 Å². The van der Waals surface area contributed by atoms with Crippen molar-refractivity contribution in [3.05, 3.63) is 30.5 Å². The van der Waals surface area contributed by atoms with Crippen LogP contribution in [0.25, 0.3) is 10.9 Å². The third-order valence-corrected chi connectivity index (χ3v) is 3.96. The van der Waals surface area contributed by atoms with E-state index >= 15 is 0 Å². The highest BCUT2D eigenvalue weighted by Gasteiger charge is 2.21. The first-order chi connectivity index (χ1) is 10.2. The van der Waals surface area contributed by atoms with Gasteiger partial charge in [0.05, 0.1) is 7.11 Å². The minimum absolute atomic E-state index is 0.0656. The number of piperidine rings is 1. The minimum Gasteiger partial charge on any atom is -0.497 e. The number of carbonyl (C=O) groups excluding carboxylic acids is 2. The van der Waals surface area contributed by atoms with E-state index in [-0.39, 0.29) is 11.7 Å². The van der Waals surface area contributed by atoms with Gasteiger partial charge in [0.25, 0.3) is 0 Å². The zero-order valence-corrected chi connectivity index (χ0v) is 12.0. The number of hydrogen-bond acceptors (Lipinski definition) is 3. The molecular weight excluding hydrogens is 268 g/mol. The number of fused-ring (bicyclic) bond motifs is 1. The van der Waals surface area contributed by atoms with Gasteiger partial charge in [0.15, 0.2) is 0 Å². The number of ketones is 1. The molecule has 0 N–H and O–H groups in total. The Morgan fingerprint density at radius 2 is 2.00 bits per heavy atom. The molecule has 5 heteroatoms. The maximum atomic E-state index is 12.3. The van der Waals surface area contributed by atoms with Crippen molar-refractivity contribution in [1.82, 2.24) is 9.47 Å². The van der Waals surface area contributed by atoms with Gasteiger partial charge in [-0.25, -0.2) is 0 Å². The molecule has 1 amide bonds. The molecule has 3 rings (SSSR count). The molecule has 0 aliphatic carbocycles. The Hall–Kier alpha value is -2.30. The summed E-state index contributed by atoms with van der Waals surface area (Å²) in [4.78, 5) is 25.3. The molecule has 1 aliphatic rings. The van der Waals surface area contributed by atoms with Crippen molar-refractivity contribution >= 4 is 22.6 Å². The van der Waals surface area contributed by atoms with Crippen LogP contribution >= 0.6 is 0 Å². The Kier molecular flexibility index (Phi) is 3.64. The number of methoxy groups -OCH3 is 1. The van der Waals surface area contributed by atoms with E-state index in [0.29, 0.717) is 32.5 Å². The SMILES string of the molecule is COc1ccc2c(ccn2CC(=O)N2CCC(=O)CC2)c1. The summed E-state index contributed by atoms with van der Waals surface area (Å²) in [7, 11) is 1.64. The molecule has 1 fully saturated rings. The molecule has 0 bridgehead atoms. The normalized spacial score (nSPS) is 15.5. The van der Waals surface area contributed by atoms with Gasteiger partial charge in [0, 0.05) is 43.0 Å². The van der Waals surface area contributed by atoms with E-state index in [1.807, 2.05) is 35.0 Å². The van der Waals surface area contributed by atoms with E-state index in [2.05, 4.69) is 0 Å². The van der Waals surface area contributed by atoms with Crippen LogP contribution < -0.4 is 4.74 Å². The molecule has 0 unspecified atom stereocenters. The average molecular weight is 286 g/mol. The second-order valence-electron chi connectivity index (χ2n) is 5.29. The molecule has 0 radical (unpaired) electrons. The number of benzene rings is 1. The smallest absolute Gasteiger partial charge is 0.242 e. The number of nitrogens with zero attached hydrogens (tertiary/aromatic N) is 2. The topological polar surface area (TPSA) is 51.5 Å². The van der Waals surface area contributed by atoms with Crippen LogP contribution in [0.5, 0.6) is 5.75 Å². The second kappa shape index (κ2) is 5.60. The summed E-state index contributed by atoms with van der Waals surface area (Å²) in [6.07, 6.45) is 2.88. The molecule has 1 aliphatic heterocycles. The molecule has 2 aromatic rings. The Morgan fingerprint density at radius 3 is 2.71 bits per heavy atom. The average Bonchev–Trinajstić information content (AvgIpc) is 2.90. The van der Waals surface area contributed by atoms with Gasteiger partial charge in [-0.15, -0.1) is 0 Å². The predicted octanol–water partition coefficient (Wildman–Crippen LogP) is 1.84. The number of likely N-dealkylation sites (tertiary alicyclic amines) is 1. The van der Waals surface area contributed by atoms with Gasteiger partial charge < -0.3 is 14.2 Å². The Morgan fingerprint density at radius 1 is 1.24 bits per heavy atom. The number of aromatic nitrogens is 1. The molecule has 0 spiro atoms. The van der Waals surface area contributed by atoms with Crippen molar-refractivity contribution in [3.63, 3.8) is 0 Å². The lowest BCUT2D eigenvalue weighted by molar-refractivity contribution is -0.135. The first-order valence-electron chi connectivity index (χ1n) is 7.10. The maximum Gasteiger partial charge on any atom is 0.242 e. The molecule has 0 atom stereocenters. The van der Waals surface area contributed by atoms with Crippen LogP contribution in [0.2, 0.25) is 0 Å². The second-order valence-corrected chi connectivity index (χ2v) is 5.29. The van der Waals surface area contributed by atoms with Crippen molar-refractivity contribution in [2.24, 2.45) is 0 Å². The molecule has 1 saturated heterocycles. The molecule has 1 aromatic heterocycles. The van der Waals surface area contributed by atoms with E-state index in [1.165, 1.54) is 0 Å². The van der Waals surface area contributed by atoms with Crippen LogP contribution in [-0.4, -0.2) is 41.4 Å². The highest BCUT2D eigenvalue weighted by atomic mass is 16.5. The number of carbonyl (C=O) groups is 2. The molecular formula is C16H18N2O3. The van der Waals surface area contributed by atoms with E-state index in [1.54, 1.807) is 12.0 Å². The van der Waals surface area contributed by atoms with Crippen molar-refractivity contribution in [2.75, 3.05) is 20.2 Å². The van der Waals surface area contributed by atoms with Gasteiger partial charge >= 0.3 is 0 Å². The number of hydrogen-bond donors (Lipinski definition) is 0. The van der Waals surface area contributed by atoms with E-state index < -0.39 is 0 Å². The lowest BCUT2D eigenvalue weighted by Gasteiger charge is -2.26. The van der Waals surface area contributed by atoms with Gasteiger partial charge in [-0.3, -0.25) is 9.59 Å². The zero-order chi connectivity index (χ0) is 14.8. The molecule has 2 heterocycles. The quantitative estimate of drug-likeness (QED) is 0.865. The fraction of sp³-hybridized carbons (Fsp3) is 0.375. The molecule has 110 valence electrons. The third-order valence-electron chi connectivity index (χ3n) is 3.96. The Balaban J connectivity index is 1.75. The minimum atomic E-state index is 0.0656. The fourth-order valence-electron chi connectivity index (χ4n) is 2.69. The maximum absolute atomic E-state index is 12.3. The number of Topliss-reactive ketones (excluding diaryl/α,β-unsaturated/α-hetero) is 1. The van der Waals surface area contributed by atoms with Crippen LogP contribution in [0.4, 0.5) is 0 Å². The number of rotatable bonds is 3. The first kappa shape index (κ1) is 13.7. The zero-order valence-electron chi connectivity index (χ0n) is 12.0. The predicted molar refractivity (Wildman–Crippen MR) is 79.3 cm³/mol. The summed E-state index contributed by atoms with van der Waals surface area (Å²) in [5, 5.41) is 1.05. The Bertz CT molecular complexity index is 680. The van der Waals surface area contributed by atoms with E-state index in [9.17, 15) is 9.59 Å². The van der Waals surface area contributed by atoms with Gasteiger partial charge in [0.2, 0.25) is 5.91 Å². The van der Waals surface area contributed by atoms with Gasteiger partial charge in [-0.1, -0.05) is 0 Å². The van der Waals surface area contributed by atoms with Crippen molar-refractivity contribution in [1.29, 1.82) is 0 Å². The van der Waals surface area contributed by atoms with Crippen molar-refractivity contribution in [3.8, 4) is 5.75 Å². The number of ether oxygens (including phenoxy) is 1. The summed E-state index contributed by atoms with van der Waals surface area (Å²) < 4.78 is 7.14. The lowest BCUT2D eigenvalue weighted by atomic mass is 10.1. The molecule has 1 aromatic carbocycles. The standard InChI is InChI=1S/C16H18N2O3/c1-21-14-2-3-15-12(10-14)4-7-18(15)11-16(20)17-8-5-13(19)6-9-17/h2-4,7,10H,5-6,8-9,11H2,1H3. The van der Waals surface area contributed by atoms with E-state index in [4.69, 9.17) is 4.74 Å². The van der Waals surface area contributed by atoms with Gasteiger partial charge in [-0.2, -0.15) is 0 Å². The van der Waals surface area contributed by atoms with Crippen LogP contribution in [0.1, 0.15) is 12.8 Å². The molecule has 0 saturated carbocycles. The Labute approximate surface area is 123 Å². The van der Waals surface area contributed by atoms with Crippen molar-refractivity contribution < 1.29 is 14.3 Å². The summed E-state index contributed by atoms with van der Waals surface area (Å²) in [6.45, 7) is 1.40. The van der Waals surface area contributed by atoms with Crippen LogP contribution in [0, 0.1) is 0 Å². The first-order valence-corrected chi connectivity index (χ1v) is 7.10. The summed E-state index contributed by atoms with van der Waals surface area (Å²) >= 11 is 0. The summed E-state index contributed by atoms with van der Waals surface area (Å²) in [5.74, 6) is 1.12. The third kappa shape index (κ3) is 2.77. The largest absolute Gasteiger partial charge is 0.497 e. The van der Waals surface area contributed by atoms with Gasteiger partial charge in [0.1, 0.15) is 18.1 Å². The summed E-state index contributed by atoms with van der Waals surface area (Å²) in [5.41, 5.74) is 1.01. The number of amides is 1. The van der Waals surface area contributed by atoms with Crippen LogP contribution in [0.3, 0.4) is 0 Å². The molecule has 21 heavy (non-hydrogen) atoms. The van der Waals surface area contributed by atoms with E-state index in [0.717, 1.165) is 16.7 Å². The highest BCUT2D eigenvalue weighted by Crippen LogP contribution is 2.22. The fourth-order valence-corrected chi connectivity index (χ4v) is 2.69. The monoisotopic (exact) mass is 286 g/mol. The molecule has 5 nitrogen and oxygen atoms in total.